The third kappa shape index (κ3) is 4.76. The number of hydrogen-bond donors (Lipinski definition) is 1. The fraction of sp³-hybridized carbons (Fsp3) is 0.583. The highest BCUT2D eigenvalue weighted by atomic mass is 35.5. The molecule has 2 fully saturated rings. The summed E-state index contributed by atoms with van der Waals surface area (Å²) in [4.78, 5) is 13.0. The highest BCUT2D eigenvalue weighted by Crippen LogP contribution is 2.42. The first kappa shape index (κ1) is 25.2. The summed E-state index contributed by atoms with van der Waals surface area (Å²) in [6, 6.07) is 5.34. The number of carbonyl (C=O) groups excluding carboxylic acids is 1. The number of ether oxygens (including phenoxy) is 2. The smallest absolute Gasteiger partial charge is 0.283 e. The van der Waals surface area contributed by atoms with Gasteiger partial charge in [-0.2, -0.15) is 13.5 Å². The van der Waals surface area contributed by atoms with Crippen molar-refractivity contribution in [2.75, 3.05) is 20.3 Å². The minimum absolute atomic E-state index is 0.0660. The van der Waals surface area contributed by atoms with Gasteiger partial charge in [0.15, 0.2) is 10.6 Å². The number of nitrogens with zero attached hydrogens (tertiary/aromatic N) is 2. The third-order valence-corrected chi connectivity index (χ3v) is 7.99. The van der Waals surface area contributed by atoms with Gasteiger partial charge in [-0.05, 0) is 53.5 Å². The molecule has 8 nitrogen and oxygen atoms in total. The van der Waals surface area contributed by atoms with E-state index in [0.717, 1.165) is 29.5 Å². The maximum atomic E-state index is 13.2. The van der Waals surface area contributed by atoms with E-state index in [-0.39, 0.29) is 29.3 Å². The minimum atomic E-state index is -4.17. The number of aromatic nitrogens is 2. The molecule has 1 saturated carbocycles. The maximum absolute atomic E-state index is 13.2. The summed E-state index contributed by atoms with van der Waals surface area (Å²) in [6.07, 6.45) is 1.78. The number of methoxy groups -OCH3 is 1. The van der Waals surface area contributed by atoms with E-state index < -0.39 is 21.5 Å². The van der Waals surface area contributed by atoms with Crippen LogP contribution in [0, 0.1) is 0 Å². The molecule has 1 aromatic carbocycles. The van der Waals surface area contributed by atoms with Crippen LogP contribution in [0.4, 0.5) is 0 Å². The van der Waals surface area contributed by atoms with E-state index in [4.69, 9.17) is 21.1 Å². The van der Waals surface area contributed by atoms with Gasteiger partial charge in [0.2, 0.25) is 5.91 Å². The molecular weight excluding hydrogens is 478 g/mol. The molecule has 2 aromatic rings. The van der Waals surface area contributed by atoms with Crippen LogP contribution in [0.15, 0.2) is 23.2 Å². The lowest BCUT2D eigenvalue weighted by atomic mass is 9.87. The van der Waals surface area contributed by atoms with Gasteiger partial charge < -0.3 is 9.47 Å². The van der Waals surface area contributed by atoms with Crippen molar-refractivity contribution in [3.63, 3.8) is 0 Å². The Morgan fingerprint density at radius 3 is 2.24 bits per heavy atom. The largest absolute Gasteiger partial charge is 0.374 e. The number of nitrogens with one attached hydrogen (secondary N) is 1. The van der Waals surface area contributed by atoms with E-state index in [0.29, 0.717) is 23.9 Å². The predicted molar refractivity (Wildman–Crippen MR) is 129 cm³/mol. The Morgan fingerprint density at radius 2 is 1.79 bits per heavy atom. The molecular formula is C24H32ClN3O5S. The summed E-state index contributed by atoms with van der Waals surface area (Å²) in [7, 11) is -2.59. The zero-order valence-electron chi connectivity index (χ0n) is 20.2. The highest BCUT2D eigenvalue weighted by Gasteiger charge is 2.46. The van der Waals surface area contributed by atoms with E-state index >= 15 is 0 Å². The van der Waals surface area contributed by atoms with Crippen LogP contribution in [-0.2, 0) is 36.3 Å². The average molecular weight is 510 g/mol. The first-order valence-electron chi connectivity index (χ1n) is 11.6. The molecule has 1 aliphatic heterocycles. The van der Waals surface area contributed by atoms with Crippen LogP contribution in [0.25, 0.3) is 0 Å². The van der Waals surface area contributed by atoms with Crippen molar-refractivity contribution >= 4 is 27.5 Å². The van der Waals surface area contributed by atoms with Crippen molar-refractivity contribution in [1.29, 1.82) is 0 Å². The normalized spacial score (nSPS) is 17.8. The van der Waals surface area contributed by atoms with Gasteiger partial charge in [-0.25, -0.2) is 4.72 Å². The summed E-state index contributed by atoms with van der Waals surface area (Å²) in [5.74, 6) is -0.355. The van der Waals surface area contributed by atoms with Gasteiger partial charge >= 0.3 is 0 Å². The van der Waals surface area contributed by atoms with Crippen LogP contribution < -0.4 is 4.72 Å². The SMILES string of the molecule is COC1(c2cc(S(=O)(=O)NC(=O)Cc3c(C(C)C)cc(Cl)cc3C(C)C)nn2C2CC2)COC1. The number of benzene rings is 1. The van der Waals surface area contributed by atoms with Crippen molar-refractivity contribution in [3.8, 4) is 0 Å². The van der Waals surface area contributed by atoms with Crippen LogP contribution in [0.2, 0.25) is 5.02 Å². The molecule has 0 radical (unpaired) electrons. The molecule has 1 amide bonds. The molecule has 1 N–H and O–H groups in total. The lowest BCUT2D eigenvalue weighted by molar-refractivity contribution is -0.206. The van der Waals surface area contributed by atoms with E-state index in [9.17, 15) is 13.2 Å². The van der Waals surface area contributed by atoms with Crippen molar-refractivity contribution in [2.24, 2.45) is 0 Å². The molecule has 0 unspecified atom stereocenters. The van der Waals surface area contributed by atoms with Crippen LogP contribution >= 0.6 is 11.6 Å². The predicted octanol–water partition coefficient (Wildman–Crippen LogP) is 4.04. The summed E-state index contributed by atoms with van der Waals surface area (Å²) in [5.41, 5.74) is 2.65. The fourth-order valence-corrected chi connectivity index (χ4v) is 5.59. The lowest BCUT2D eigenvalue weighted by Gasteiger charge is -2.40. The van der Waals surface area contributed by atoms with Gasteiger partial charge in [-0.15, -0.1) is 0 Å². The first-order valence-corrected chi connectivity index (χ1v) is 13.4. The molecule has 34 heavy (non-hydrogen) atoms. The molecule has 0 spiro atoms. The minimum Gasteiger partial charge on any atom is -0.374 e. The first-order chi connectivity index (χ1) is 16.0. The summed E-state index contributed by atoms with van der Waals surface area (Å²) >= 11 is 6.32. The Labute approximate surface area is 206 Å². The molecule has 1 aliphatic carbocycles. The van der Waals surface area contributed by atoms with Crippen molar-refractivity contribution in [1.82, 2.24) is 14.5 Å². The second kappa shape index (κ2) is 9.26. The van der Waals surface area contributed by atoms with E-state index in [2.05, 4.69) is 9.82 Å². The van der Waals surface area contributed by atoms with Crippen molar-refractivity contribution < 1.29 is 22.7 Å². The lowest BCUT2D eigenvalue weighted by Crippen LogP contribution is -2.49. The van der Waals surface area contributed by atoms with Crippen LogP contribution in [0.1, 0.15) is 80.8 Å². The molecule has 10 heteroatoms. The zero-order chi connectivity index (χ0) is 24.8. The molecule has 4 rings (SSSR count). The van der Waals surface area contributed by atoms with Gasteiger partial charge in [0, 0.05) is 18.2 Å². The summed E-state index contributed by atoms with van der Waals surface area (Å²) < 4.78 is 41.3. The van der Waals surface area contributed by atoms with Gasteiger partial charge in [-0.3, -0.25) is 9.48 Å². The Balaban J connectivity index is 1.61. The second-order valence-electron chi connectivity index (χ2n) is 9.81. The number of amides is 1. The van der Waals surface area contributed by atoms with E-state index in [1.807, 2.05) is 39.8 Å². The topological polar surface area (TPSA) is 99.5 Å². The number of sulfonamides is 1. The maximum Gasteiger partial charge on any atom is 0.283 e. The molecule has 1 saturated heterocycles. The number of halogens is 1. The number of hydrogen-bond acceptors (Lipinski definition) is 6. The number of carbonyl (C=O) groups is 1. The summed E-state index contributed by atoms with van der Waals surface area (Å²) in [5, 5.41) is 4.79. The molecule has 186 valence electrons. The van der Waals surface area contributed by atoms with Crippen LogP contribution in [0.5, 0.6) is 0 Å². The highest BCUT2D eigenvalue weighted by molar-refractivity contribution is 7.90. The standard InChI is InChI=1S/C24H32ClN3O5S/c1-14(2)18-8-16(25)9-19(15(3)4)20(18)10-22(29)27-34(30,31)23-11-21(24(32-5)12-33-13-24)28(26-23)17-6-7-17/h8-9,11,14-15,17H,6-7,10,12-13H2,1-5H3,(H,27,29). The Hall–Kier alpha value is -1.94. The van der Waals surface area contributed by atoms with Crippen molar-refractivity contribution in [3.05, 3.63) is 45.6 Å². The molecule has 2 heterocycles. The molecule has 0 atom stereocenters. The summed E-state index contributed by atoms with van der Waals surface area (Å²) in [6.45, 7) is 8.76. The van der Waals surface area contributed by atoms with Crippen molar-refractivity contribution in [2.45, 2.75) is 75.5 Å². The van der Waals surface area contributed by atoms with Gasteiger partial charge in [-0.1, -0.05) is 39.3 Å². The van der Waals surface area contributed by atoms with E-state index in [1.165, 1.54) is 6.07 Å². The van der Waals surface area contributed by atoms with Crippen LogP contribution in [0.3, 0.4) is 0 Å². The van der Waals surface area contributed by atoms with Gasteiger partial charge in [0.25, 0.3) is 10.0 Å². The van der Waals surface area contributed by atoms with E-state index in [1.54, 1.807) is 11.8 Å². The van der Waals surface area contributed by atoms with Crippen LogP contribution in [-0.4, -0.2) is 44.4 Å². The third-order valence-electron chi connectivity index (χ3n) is 6.52. The quantitative estimate of drug-likeness (QED) is 0.547. The number of rotatable bonds is 9. The Kier molecular flexibility index (Phi) is 6.85. The second-order valence-corrected chi connectivity index (χ2v) is 11.9. The van der Waals surface area contributed by atoms with Gasteiger partial charge in [0.05, 0.1) is 31.4 Å². The Bertz CT molecular complexity index is 1160. The fourth-order valence-electron chi connectivity index (χ4n) is 4.41. The molecule has 2 aliphatic rings. The van der Waals surface area contributed by atoms with Gasteiger partial charge in [0.1, 0.15) is 0 Å². The monoisotopic (exact) mass is 509 g/mol. The average Bonchev–Trinajstić information content (AvgIpc) is 3.46. The zero-order valence-corrected chi connectivity index (χ0v) is 21.8. The Morgan fingerprint density at radius 1 is 1.21 bits per heavy atom. The molecule has 1 aromatic heterocycles. The molecule has 0 bridgehead atoms.